The van der Waals surface area contributed by atoms with E-state index in [-0.39, 0.29) is 11.7 Å². The molecule has 0 radical (unpaired) electrons. The van der Waals surface area contributed by atoms with Gasteiger partial charge in [0, 0.05) is 6.54 Å². The average Bonchev–Trinajstić information content (AvgIpc) is 2.42. The Hall–Kier alpha value is -0.450. The second-order valence-corrected chi connectivity index (χ2v) is 2.91. The van der Waals surface area contributed by atoms with Gasteiger partial charge in [-0.1, -0.05) is 0 Å². The van der Waals surface area contributed by atoms with E-state index in [1.807, 2.05) is 0 Å². The first-order chi connectivity index (χ1) is 4.67. The Labute approximate surface area is 58.0 Å². The van der Waals surface area contributed by atoms with Gasteiger partial charge in [0.15, 0.2) is 5.78 Å². The van der Waals surface area contributed by atoms with Crippen molar-refractivity contribution >= 4 is 5.78 Å². The van der Waals surface area contributed by atoms with Gasteiger partial charge in [-0.15, -0.1) is 0 Å². The number of hydroxylamine groups is 2. The number of ketones is 1. The Morgan fingerprint density at radius 1 is 1.70 bits per heavy atom. The van der Waals surface area contributed by atoms with Gasteiger partial charge in [0.1, 0.15) is 0 Å². The number of rotatable bonds is 0. The van der Waals surface area contributed by atoms with Crippen LogP contribution in [0.2, 0.25) is 0 Å². The first kappa shape index (κ1) is 6.27. The minimum Gasteiger partial charge on any atom is -0.367 e. The summed E-state index contributed by atoms with van der Waals surface area (Å²) >= 11 is 0. The third-order valence-electron chi connectivity index (χ3n) is 2.34. The maximum atomic E-state index is 10.8. The zero-order valence-electron chi connectivity index (χ0n) is 5.45. The molecule has 0 aromatic carbocycles. The van der Waals surface area contributed by atoms with Crippen molar-refractivity contribution in [1.29, 1.82) is 0 Å². The molecule has 4 nitrogen and oxygen atoms in total. The van der Waals surface area contributed by atoms with Crippen molar-refractivity contribution in [2.75, 3.05) is 6.54 Å². The highest BCUT2D eigenvalue weighted by Gasteiger charge is 2.69. The molecule has 10 heavy (non-hydrogen) atoms. The molecule has 1 aliphatic carbocycles. The van der Waals surface area contributed by atoms with Crippen LogP contribution >= 0.6 is 0 Å². The molecule has 0 aromatic heterocycles. The summed E-state index contributed by atoms with van der Waals surface area (Å²) < 4.78 is 0. The summed E-state index contributed by atoms with van der Waals surface area (Å²) in [6.07, 6.45) is 1.50. The highest BCUT2D eigenvalue weighted by Crippen LogP contribution is 2.46. The number of hydrogen-bond acceptors (Lipinski definition) is 4. The Kier molecular flexibility index (Phi) is 0.993. The van der Waals surface area contributed by atoms with E-state index in [0.717, 1.165) is 11.5 Å². The Balaban J connectivity index is 2.23. The lowest BCUT2D eigenvalue weighted by molar-refractivity contribution is -0.227. The monoisotopic (exact) mass is 143 g/mol. The van der Waals surface area contributed by atoms with E-state index in [1.165, 1.54) is 0 Å². The number of carbonyl (C=O) groups excluding carboxylic acids is 1. The van der Waals surface area contributed by atoms with Crippen LogP contribution < -0.4 is 0 Å². The minimum atomic E-state index is -1.49. The van der Waals surface area contributed by atoms with Gasteiger partial charge in [0.2, 0.25) is 5.72 Å². The first-order valence-corrected chi connectivity index (χ1v) is 3.40. The van der Waals surface area contributed by atoms with Crippen LogP contribution in [0.15, 0.2) is 0 Å². The highest BCUT2D eigenvalue weighted by atomic mass is 16.6. The molecule has 1 heterocycles. The van der Waals surface area contributed by atoms with Crippen LogP contribution in [0.4, 0.5) is 0 Å². The summed E-state index contributed by atoms with van der Waals surface area (Å²) in [5, 5.41) is 19.1. The van der Waals surface area contributed by atoms with Crippen molar-refractivity contribution in [3.63, 3.8) is 0 Å². The van der Waals surface area contributed by atoms with Crippen LogP contribution in [-0.4, -0.2) is 33.4 Å². The number of fused-ring (bicyclic) bond motifs is 1. The molecule has 56 valence electrons. The van der Waals surface area contributed by atoms with Crippen molar-refractivity contribution in [1.82, 2.24) is 5.06 Å². The third kappa shape index (κ3) is 0.496. The quantitative estimate of drug-likeness (QED) is 0.473. The van der Waals surface area contributed by atoms with Gasteiger partial charge < -0.3 is 10.3 Å². The summed E-state index contributed by atoms with van der Waals surface area (Å²) in [7, 11) is 0. The van der Waals surface area contributed by atoms with Crippen molar-refractivity contribution in [2.24, 2.45) is 5.92 Å². The van der Waals surface area contributed by atoms with Gasteiger partial charge in [-0.25, -0.2) is 0 Å². The van der Waals surface area contributed by atoms with E-state index in [0.29, 0.717) is 13.0 Å². The smallest absolute Gasteiger partial charge is 0.210 e. The number of Topliss-reactive ketones (excluding diaryl/α,β-unsaturated/α-hetero) is 1. The van der Waals surface area contributed by atoms with E-state index in [9.17, 15) is 9.90 Å². The predicted octanol–water partition coefficient (Wildman–Crippen LogP) is -0.641. The normalized spacial score (nSPS) is 47.0. The minimum absolute atomic E-state index is 0.229. The van der Waals surface area contributed by atoms with Crippen LogP contribution in [0.25, 0.3) is 0 Å². The van der Waals surface area contributed by atoms with Gasteiger partial charge in [0.25, 0.3) is 0 Å². The standard InChI is InChI=1S/C6H9NO3/c8-5-4-2-1-3-7(10)6(4,5)9/h4,9-10H,1-3H2. The average molecular weight is 143 g/mol. The summed E-state index contributed by atoms with van der Waals surface area (Å²) in [6.45, 7) is 0.402. The van der Waals surface area contributed by atoms with Gasteiger partial charge in [0.05, 0.1) is 5.92 Å². The van der Waals surface area contributed by atoms with E-state index in [4.69, 9.17) is 5.21 Å². The van der Waals surface area contributed by atoms with Gasteiger partial charge in [-0.2, -0.15) is 5.06 Å². The molecule has 1 saturated carbocycles. The van der Waals surface area contributed by atoms with Gasteiger partial charge in [-0.05, 0) is 12.8 Å². The molecule has 0 aromatic rings. The number of piperidine rings is 1. The van der Waals surface area contributed by atoms with E-state index in [2.05, 4.69) is 0 Å². The molecule has 2 atom stereocenters. The maximum Gasteiger partial charge on any atom is 0.210 e. The summed E-state index contributed by atoms with van der Waals surface area (Å²) in [5.74, 6) is -0.543. The zero-order valence-corrected chi connectivity index (χ0v) is 5.45. The molecule has 4 heteroatoms. The first-order valence-electron chi connectivity index (χ1n) is 3.40. The van der Waals surface area contributed by atoms with Crippen LogP contribution in [0.1, 0.15) is 12.8 Å². The van der Waals surface area contributed by atoms with Gasteiger partial charge >= 0.3 is 0 Å². The SMILES string of the molecule is O=C1C2CCCN(O)C12O. The number of carbonyl (C=O) groups is 1. The maximum absolute atomic E-state index is 10.8. The van der Waals surface area contributed by atoms with Crippen LogP contribution in [0.3, 0.4) is 0 Å². The van der Waals surface area contributed by atoms with Crippen molar-refractivity contribution < 1.29 is 15.1 Å². The second-order valence-electron chi connectivity index (χ2n) is 2.91. The lowest BCUT2D eigenvalue weighted by Gasteiger charge is -2.23. The Bertz CT molecular complexity index is 193. The molecular formula is C6H9NO3. The number of nitrogens with zero attached hydrogens (tertiary/aromatic N) is 1. The summed E-state index contributed by atoms with van der Waals surface area (Å²) in [5.41, 5.74) is -1.49. The van der Waals surface area contributed by atoms with E-state index >= 15 is 0 Å². The topological polar surface area (TPSA) is 60.8 Å². The molecular weight excluding hydrogens is 134 g/mol. The largest absolute Gasteiger partial charge is 0.367 e. The van der Waals surface area contributed by atoms with Crippen LogP contribution in [0.5, 0.6) is 0 Å². The molecule has 0 bridgehead atoms. The lowest BCUT2D eigenvalue weighted by atomic mass is 10.1. The van der Waals surface area contributed by atoms with E-state index < -0.39 is 5.72 Å². The second kappa shape index (κ2) is 1.58. The molecule has 1 aliphatic heterocycles. The molecule has 2 aliphatic rings. The fourth-order valence-corrected chi connectivity index (χ4v) is 1.59. The number of hydrogen-bond donors (Lipinski definition) is 2. The molecule has 2 rings (SSSR count). The molecule has 2 N–H and O–H groups in total. The zero-order chi connectivity index (χ0) is 7.35. The molecule has 1 saturated heterocycles. The van der Waals surface area contributed by atoms with Crippen molar-refractivity contribution in [3.05, 3.63) is 0 Å². The molecule has 2 unspecified atom stereocenters. The molecule has 0 amide bonds. The Morgan fingerprint density at radius 3 is 2.90 bits per heavy atom. The lowest BCUT2D eigenvalue weighted by Crippen LogP contribution is -2.40. The summed E-state index contributed by atoms with van der Waals surface area (Å²) in [4.78, 5) is 10.8. The number of aliphatic hydroxyl groups is 1. The fraction of sp³-hybridized carbons (Fsp3) is 0.833. The van der Waals surface area contributed by atoms with Gasteiger partial charge in [-0.3, -0.25) is 4.79 Å². The molecule has 2 fully saturated rings. The van der Waals surface area contributed by atoms with Crippen molar-refractivity contribution in [3.8, 4) is 0 Å². The Morgan fingerprint density at radius 2 is 2.40 bits per heavy atom. The van der Waals surface area contributed by atoms with Crippen LogP contribution in [-0.2, 0) is 4.79 Å². The van der Waals surface area contributed by atoms with Crippen molar-refractivity contribution in [2.45, 2.75) is 18.6 Å². The van der Waals surface area contributed by atoms with Crippen LogP contribution in [0, 0.1) is 5.92 Å². The fourth-order valence-electron chi connectivity index (χ4n) is 1.59. The third-order valence-corrected chi connectivity index (χ3v) is 2.34. The predicted molar refractivity (Wildman–Crippen MR) is 31.2 cm³/mol. The summed E-state index contributed by atoms with van der Waals surface area (Å²) in [6, 6.07) is 0. The highest BCUT2D eigenvalue weighted by molar-refractivity contribution is 6.06. The molecule has 0 spiro atoms. The van der Waals surface area contributed by atoms with E-state index in [1.54, 1.807) is 0 Å².